The van der Waals surface area contributed by atoms with Gasteiger partial charge in [-0.05, 0) is 19.1 Å². The van der Waals surface area contributed by atoms with Crippen molar-refractivity contribution in [2.75, 3.05) is 6.61 Å². The lowest BCUT2D eigenvalue weighted by molar-refractivity contribution is -0.277. The lowest BCUT2D eigenvalue weighted by atomic mass is 9.99. The number of hydrogen-bond donors (Lipinski definition) is 4. The van der Waals surface area contributed by atoms with Crippen LogP contribution in [-0.2, 0) is 4.74 Å². The van der Waals surface area contributed by atoms with E-state index in [1.54, 1.807) is 5.38 Å². The third kappa shape index (κ3) is 3.66. The highest BCUT2D eigenvalue weighted by Gasteiger charge is 2.44. The van der Waals surface area contributed by atoms with E-state index in [4.69, 9.17) is 13.9 Å². The van der Waals surface area contributed by atoms with Crippen LogP contribution in [0.1, 0.15) is 5.01 Å². The number of aliphatic hydroxyl groups is 4. The summed E-state index contributed by atoms with van der Waals surface area (Å²) >= 11 is 1.43. The third-order valence-corrected chi connectivity index (χ3v) is 5.52. The van der Waals surface area contributed by atoms with E-state index >= 15 is 0 Å². The predicted molar refractivity (Wildman–Crippen MR) is 103 cm³/mol. The molecule has 0 aliphatic carbocycles. The van der Waals surface area contributed by atoms with Gasteiger partial charge in [-0.2, -0.15) is 0 Å². The summed E-state index contributed by atoms with van der Waals surface area (Å²) in [4.78, 5) is 17.1. The molecule has 10 heteroatoms. The van der Waals surface area contributed by atoms with E-state index in [2.05, 4.69) is 4.98 Å². The maximum absolute atomic E-state index is 12.8. The Labute approximate surface area is 168 Å². The van der Waals surface area contributed by atoms with Crippen molar-refractivity contribution in [1.82, 2.24) is 4.98 Å². The Hall–Kier alpha value is -2.34. The third-order valence-electron chi connectivity index (χ3n) is 4.74. The van der Waals surface area contributed by atoms with E-state index in [1.165, 1.54) is 35.8 Å². The molecule has 0 saturated carbocycles. The molecule has 4 rings (SSSR count). The van der Waals surface area contributed by atoms with Gasteiger partial charge in [0.15, 0.2) is 0 Å². The molecule has 29 heavy (non-hydrogen) atoms. The largest absolute Gasteiger partial charge is 0.463 e. The van der Waals surface area contributed by atoms with Gasteiger partial charge in [-0.1, -0.05) is 0 Å². The van der Waals surface area contributed by atoms with E-state index in [-0.39, 0.29) is 16.8 Å². The minimum absolute atomic E-state index is 0.210. The number of nitrogens with zero attached hydrogens (tertiary/aromatic N) is 1. The fourth-order valence-electron chi connectivity index (χ4n) is 3.14. The van der Waals surface area contributed by atoms with Gasteiger partial charge >= 0.3 is 0 Å². The van der Waals surface area contributed by atoms with Gasteiger partial charge in [0.1, 0.15) is 42.0 Å². The highest BCUT2D eigenvalue weighted by atomic mass is 32.1. The SMILES string of the molecule is Cc1nc(-c2coc3cc(O[C@@H]4O[C@H](CO)[C@H](O)[C@@H](O)[C@@H]4O)ccc3c2=O)cs1. The van der Waals surface area contributed by atoms with Crippen molar-refractivity contribution in [1.29, 1.82) is 0 Å². The zero-order valence-electron chi connectivity index (χ0n) is 15.3. The van der Waals surface area contributed by atoms with Crippen molar-refractivity contribution >= 4 is 22.3 Å². The first-order valence-corrected chi connectivity index (χ1v) is 9.72. The van der Waals surface area contributed by atoms with Crippen LogP contribution in [0.2, 0.25) is 0 Å². The predicted octanol–water partition coefficient (Wildman–Crippen LogP) is 0.404. The van der Waals surface area contributed by atoms with Crippen LogP contribution in [0, 0.1) is 6.92 Å². The Morgan fingerprint density at radius 1 is 1.21 bits per heavy atom. The zero-order valence-corrected chi connectivity index (χ0v) is 16.1. The van der Waals surface area contributed by atoms with Crippen LogP contribution in [0.3, 0.4) is 0 Å². The number of aryl methyl sites for hydroxylation is 1. The molecular weight excluding hydrogens is 402 g/mol. The van der Waals surface area contributed by atoms with Crippen molar-refractivity contribution in [3.63, 3.8) is 0 Å². The number of ether oxygens (including phenoxy) is 2. The van der Waals surface area contributed by atoms with Gasteiger partial charge in [0.05, 0.1) is 28.3 Å². The van der Waals surface area contributed by atoms with Gasteiger partial charge in [0.2, 0.25) is 11.7 Å². The van der Waals surface area contributed by atoms with Crippen LogP contribution in [0.4, 0.5) is 0 Å². The Morgan fingerprint density at radius 3 is 2.69 bits per heavy atom. The van der Waals surface area contributed by atoms with E-state index in [9.17, 15) is 25.2 Å². The molecular formula is C19H19NO8S. The molecule has 3 heterocycles. The summed E-state index contributed by atoms with van der Waals surface area (Å²) in [6.07, 6.45) is -5.64. The second-order valence-corrected chi connectivity index (χ2v) is 7.77. The first kappa shape index (κ1) is 20.0. The number of fused-ring (bicyclic) bond motifs is 1. The molecule has 1 saturated heterocycles. The Morgan fingerprint density at radius 2 is 2.00 bits per heavy atom. The Bertz CT molecular complexity index is 1080. The molecule has 0 amide bonds. The molecule has 1 aromatic carbocycles. The highest BCUT2D eigenvalue weighted by Crippen LogP contribution is 2.27. The van der Waals surface area contributed by atoms with Crippen LogP contribution >= 0.6 is 11.3 Å². The molecule has 1 aliphatic rings. The smallest absolute Gasteiger partial charge is 0.229 e. The van der Waals surface area contributed by atoms with Crippen molar-refractivity contribution in [3.05, 3.63) is 45.1 Å². The standard InChI is InChI=1S/C19H19NO8S/c1-8-20-12(7-29-8)11-6-26-13-4-9(2-3-10(13)15(11)22)27-19-18(25)17(24)16(23)14(5-21)28-19/h2-4,6-7,14,16-19,21,23-25H,5H2,1H3/t14-,16+,17-,18+,19-/m1/s1. The van der Waals surface area contributed by atoms with Gasteiger partial charge in [0.25, 0.3) is 0 Å². The number of aromatic nitrogens is 1. The second-order valence-electron chi connectivity index (χ2n) is 6.70. The minimum atomic E-state index is -1.55. The lowest BCUT2D eigenvalue weighted by Crippen LogP contribution is -2.60. The summed E-state index contributed by atoms with van der Waals surface area (Å²) < 4.78 is 16.5. The zero-order chi connectivity index (χ0) is 20.7. The van der Waals surface area contributed by atoms with Gasteiger partial charge in [-0.25, -0.2) is 4.98 Å². The number of rotatable bonds is 4. The van der Waals surface area contributed by atoms with Crippen molar-refractivity contribution in [3.8, 4) is 17.0 Å². The summed E-state index contributed by atoms with van der Waals surface area (Å²) in [5.74, 6) is 0.210. The number of thiazole rings is 1. The summed E-state index contributed by atoms with van der Waals surface area (Å²) in [6.45, 7) is 1.29. The van der Waals surface area contributed by atoms with Gasteiger partial charge < -0.3 is 34.3 Å². The van der Waals surface area contributed by atoms with E-state index in [0.29, 0.717) is 16.6 Å². The summed E-state index contributed by atoms with van der Waals surface area (Å²) in [5.41, 5.74) is 0.915. The van der Waals surface area contributed by atoms with Gasteiger partial charge in [-0.15, -0.1) is 11.3 Å². The van der Waals surface area contributed by atoms with Crippen LogP contribution in [0.5, 0.6) is 5.75 Å². The van der Waals surface area contributed by atoms with Gasteiger partial charge in [-0.3, -0.25) is 4.79 Å². The maximum Gasteiger partial charge on any atom is 0.229 e. The molecule has 9 nitrogen and oxygen atoms in total. The monoisotopic (exact) mass is 421 g/mol. The molecule has 154 valence electrons. The van der Waals surface area contributed by atoms with E-state index in [0.717, 1.165) is 5.01 Å². The molecule has 0 bridgehead atoms. The average molecular weight is 421 g/mol. The normalized spacial score (nSPS) is 27.3. The highest BCUT2D eigenvalue weighted by molar-refractivity contribution is 7.09. The van der Waals surface area contributed by atoms with Crippen LogP contribution in [-0.4, -0.2) is 62.7 Å². The minimum Gasteiger partial charge on any atom is -0.463 e. The fourth-order valence-corrected chi connectivity index (χ4v) is 3.76. The summed E-state index contributed by atoms with van der Waals surface area (Å²) in [5, 5.41) is 42.0. The lowest BCUT2D eigenvalue weighted by Gasteiger charge is -2.39. The molecule has 1 aliphatic heterocycles. The second kappa shape index (κ2) is 7.82. The molecule has 5 atom stereocenters. The van der Waals surface area contributed by atoms with E-state index < -0.39 is 37.3 Å². The first-order chi connectivity index (χ1) is 13.9. The van der Waals surface area contributed by atoms with Crippen LogP contribution in [0.25, 0.3) is 22.2 Å². The van der Waals surface area contributed by atoms with Crippen LogP contribution in [0.15, 0.2) is 39.1 Å². The number of benzene rings is 1. The summed E-state index contributed by atoms with van der Waals surface area (Å²) in [7, 11) is 0. The Balaban J connectivity index is 1.62. The molecule has 4 N–H and O–H groups in total. The average Bonchev–Trinajstić information content (AvgIpc) is 3.14. The van der Waals surface area contributed by atoms with Crippen LogP contribution < -0.4 is 10.2 Å². The fraction of sp³-hybridized carbons (Fsp3) is 0.368. The summed E-state index contributed by atoms with van der Waals surface area (Å²) in [6, 6.07) is 4.47. The molecule has 1 fully saturated rings. The van der Waals surface area contributed by atoms with Crippen molar-refractivity contribution < 1.29 is 34.3 Å². The molecule has 2 aromatic heterocycles. The molecule has 0 radical (unpaired) electrons. The molecule has 0 spiro atoms. The number of aliphatic hydroxyl groups excluding tert-OH is 4. The molecule has 0 unspecified atom stereocenters. The van der Waals surface area contributed by atoms with Gasteiger partial charge in [0, 0.05) is 11.4 Å². The Kier molecular flexibility index (Phi) is 5.38. The topological polar surface area (TPSA) is 142 Å². The maximum atomic E-state index is 12.8. The quantitative estimate of drug-likeness (QED) is 0.471. The number of hydrogen-bond acceptors (Lipinski definition) is 10. The van der Waals surface area contributed by atoms with Crippen molar-refractivity contribution in [2.45, 2.75) is 37.6 Å². The van der Waals surface area contributed by atoms with Crippen molar-refractivity contribution in [2.24, 2.45) is 0 Å². The molecule has 3 aromatic rings. The first-order valence-electron chi connectivity index (χ1n) is 8.84. The van der Waals surface area contributed by atoms with E-state index in [1.807, 2.05) is 6.92 Å².